The van der Waals surface area contributed by atoms with E-state index in [1.54, 1.807) is 0 Å². The lowest BCUT2D eigenvalue weighted by molar-refractivity contribution is 0.477. The Morgan fingerprint density at radius 1 is 1.41 bits per heavy atom. The van der Waals surface area contributed by atoms with Crippen molar-refractivity contribution >= 4 is 21.2 Å². The quantitative estimate of drug-likeness (QED) is 0.844. The summed E-state index contributed by atoms with van der Waals surface area (Å²) in [5.41, 5.74) is 2.52. The number of oxazole rings is 1. The van der Waals surface area contributed by atoms with Gasteiger partial charge < -0.3 is 4.42 Å². The molecule has 1 aromatic heterocycles. The van der Waals surface area contributed by atoms with Crippen molar-refractivity contribution in [1.82, 2.24) is 4.98 Å². The standard InChI is InChI=1S/C11H13NO4S/c1-8-4-2-5-9-11(8)12-10(16-9)6-3-7-17(13,14)15/h2,4-5H,3,6-7H2,1H3,(H,13,14,15). The molecule has 2 aromatic rings. The summed E-state index contributed by atoms with van der Waals surface area (Å²) in [6.07, 6.45) is 0.693. The molecule has 2 rings (SSSR count). The van der Waals surface area contributed by atoms with Crippen LogP contribution in [-0.2, 0) is 16.5 Å². The minimum absolute atomic E-state index is 0.273. The molecule has 0 atom stereocenters. The molecule has 0 aliphatic rings. The van der Waals surface area contributed by atoms with Gasteiger partial charge >= 0.3 is 0 Å². The number of benzene rings is 1. The summed E-state index contributed by atoms with van der Waals surface area (Å²) in [6, 6.07) is 5.64. The van der Waals surface area contributed by atoms with Crippen LogP contribution in [0.2, 0.25) is 0 Å². The Labute approximate surface area is 99.2 Å². The number of rotatable bonds is 4. The highest BCUT2D eigenvalue weighted by Gasteiger charge is 2.09. The highest BCUT2D eigenvalue weighted by molar-refractivity contribution is 7.85. The molecule has 0 radical (unpaired) electrons. The number of aromatic nitrogens is 1. The second-order valence-electron chi connectivity index (χ2n) is 3.92. The second-order valence-corrected chi connectivity index (χ2v) is 5.49. The first kappa shape index (κ1) is 12.1. The van der Waals surface area contributed by atoms with Crippen molar-refractivity contribution in [2.24, 2.45) is 0 Å². The fraction of sp³-hybridized carbons (Fsp3) is 0.364. The number of para-hydroxylation sites is 1. The Kier molecular flexibility index (Phi) is 3.17. The zero-order valence-electron chi connectivity index (χ0n) is 9.38. The summed E-state index contributed by atoms with van der Waals surface area (Å²) in [5, 5.41) is 0. The summed E-state index contributed by atoms with van der Waals surface area (Å²) in [5.74, 6) is 0.225. The lowest BCUT2D eigenvalue weighted by Crippen LogP contribution is -2.04. The van der Waals surface area contributed by atoms with Gasteiger partial charge in [-0.25, -0.2) is 4.98 Å². The van der Waals surface area contributed by atoms with E-state index in [0.717, 1.165) is 11.1 Å². The van der Waals surface area contributed by atoms with E-state index in [1.807, 2.05) is 25.1 Å². The molecule has 0 aliphatic heterocycles. The van der Waals surface area contributed by atoms with Gasteiger partial charge in [0.15, 0.2) is 11.5 Å². The third kappa shape index (κ3) is 3.04. The van der Waals surface area contributed by atoms with Gasteiger partial charge in [-0.15, -0.1) is 0 Å². The zero-order valence-corrected chi connectivity index (χ0v) is 10.2. The highest BCUT2D eigenvalue weighted by atomic mass is 32.2. The molecule has 0 amide bonds. The van der Waals surface area contributed by atoms with Crippen molar-refractivity contribution in [3.8, 4) is 0 Å². The number of aryl methyl sites for hydroxylation is 2. The molecule has 0 unspecified atom stereocenters. The highest BCUT2D eigenvalue weighted by Crippen LogP contribution is 2.19. The summed E-state index contributed by atoms with van der Waals surface area (Å²) in [4.78, 5) is 4.29. The van der Waals surface area contributed by atoms with Crippen LogP contribution >= 0.6 is 0 Å². The average Bonchev–Trinajstić information content (AvgIpc) is 2.60. The van der Waals surface area contributed by atoms with E-state index in [2.05, 4.69) is 4.98 Å². The first-order valence-electron chi connectivity index (χ1n) is 5.26. The first-order valence-corrected chi connectivity index (χ1v) is 6.87. The van der Waals surface area contributed by atoms with Crippen LogP contribution in [0.4, 0.5) is 0 Å². The largest absolute Gasteiger partial charge is 0.441 e. The molecular weight excluding hydrogens is 242 g/mol. The molecule has 1 heterocycles. The fourth-order valence-corrected chi connectivity index (χ4v) is 2.15. The van der Waals surface area contributed by atoms with Gasteiger partial charge in [0.2, 0.25) is 0 Å². The summed E-state index contributed by atoms with van der Waals surface area (Å²) in [7, 11) is -3.90. The van der Waals surface area contributed by atoms with Crippen molar-refractivity contribution in [3.63, 3.8) is 0 Å². The normalized spacial score (nSPS) is 12.1. The van der Waals surface area contributed by atoms with Crippen LogP contribution < -0.4 is 0 Å². The molecule has 17 heavy (non-hydrogen) atoms. The maximum atomic E-state index is 10.6. The molecule has 92 valence electrons. The summed E-state index contributed by atoms with van der Waals surface area (Å²) >= 11 is 0. The third-order valence-electron chi connectivity index (χ3n) is 2.46. The molecule has 6 heteroatoms. The number of hydrogen-bond acceptors (Lipinski definition) is 4. The van der Waals surface area contributed by atoms with Crippen LogP contribution in [0.5, 0.6) is 0 Å². The zero-order chi connectivity index (χ0) is 12.5. The maximum Gasteiger partial charge on any atom is 0.264 e. The van der Waals surface area contributed by atoms with Gasteiger partial charge in [-0.05, 0) is 25.0 Å². The van der Waals surface area contributed by atoms with Crippen molar-refractivity contribution in [3.05, 3.63) is 29.7 Å². The maximum absolute atomic E-state index is 10.6. The Hall–Kier alpha value is -1.40. The van der Waals surface area contributed by atoms with E-state index < -0.39 is 10.1 Å². The monoisotopic (exact) mass is 255 g/mol. The van der Waals surface area contributed by atoms with E-state index >= 15 is 0 Å². The lowest BCUT2D eigenvalue weighted by atomic mass is 10.2. The van der Waals surface area contributed by atoms with Crippen molar-refractivity contribution in [2.75, 3.05) is 5.75 Å². The van der Waals surface area contributed by atoms with Crippen molar-refractivity contribution < 1.29 is 17.4 Å². The molecule has 0 fully saturated rings. The Bertz CT molecular complexity index is 630. The molecular formula is C11H13NO4S. The lowest BCUT2D eigenvalue weighted by Gasteiger charge is -1.93. The van der Waals surface area contributed by atoms with E-state index in [0.29, 0.717) is 24.3 Å². The third-order valence-corrected chi connectivity index (χ3v) is 3.26. The summed E-state index contributed by atoms with van der Waals surface area (Å²) < 4.78 is 35.2. The number of hydrogen-bond donors (Lipinski definition) is 1. The van der Waals surface area contributed by atoms with Gasteiger partial charge in [-0.2, -0.15) is 8.42 Å². The minimum Gasteiger partial charge on any atom is -0.441 e. The van der Waals surface area contributed by atoms with E-state index in [-0.39, 0.29) is 5.75 Å². The Morgan fingerprint density at radius 3 is 2.82 bits per heavy atom. The van der Waals surface area contributed by atoms with Crippen LogP contribution in [-0.4, -0.2) is 23.7 Å². The first-order chi connectivity index (χ1) is 7.96. The minimum atomic E-state index is -3.90. The molecule has 0 saturated carbocycles. The van der Waals surface area contributed by atoms with Gasteiger partial charge in [-0.3, -0.25) is 4.55 Å². The van der Waals surface area contributed by atoms with Crippen LogP contribution in [0.15, 0.2) is 22.6 Å². The van der Waals surface area contributed by atoms with Crippen molar-refractivity contribution in [2.45, 2.75) is 19.8 Å². The van der Waals surface area contributed by atoms with Gasteiger partial charge in [0, 0.05) is 6.42 Å². The fourth-order valence-electron chi connectivity index (χ4n) is 1.64. The smallest absolute Gasteiger partial charge is 0.264 e. The van der Waals surface area contributed by atoms with Crippen LogP contribution in [0.3, 0.4) is 0 Å². The predicted molar refractivity (Wildman–Crippen MR) is 63.5 cm³/mol. The van der Waals surface area contributed by atoms with Gasteiger partial charge in [0.25, 0.3) is 10.1 Å². The predicted octanol–water partition coefficient (Wildman–Crippen LogP) is 1.96. The van der Waals surface area contributed by atoms with Gasteiger partial charge in [0.05, 0.1) is 5.75 Å². The molecule has 5 nitrogen and oxygen atoms in total. The van der Waals surface area contributed by atoms with Crippen LogP contribution in [0.1, 0.15) is 17.9 Å². The second kappa shape index (κ2) is 4.46. The Morgan fingerprint density at radius 2 is 2.18 bits per heavy atom. The van der Waals surface area contributed by atoms with E-state index in [4.69, 9.17) is 8.97 Å². The van der Waals surface area contributed by atoms with Gasteiger partial charge in [-0.1, -0.05) is 12.1 Å². The van der Waals surface area contributed by atoms with Crippen molar-refractivity contribution in [1.29, 1.82) is 0 Å². The molecule has 0 spiro atoms. The van der Waals surface area contributed by atoms with E-state index in [9.17, 15) is 8.42 Å². The SMILES string of the molecule is Cc1cccc2oc(CCCS(=O)(=O)O)nc12. The molecule has 0 bridgehead atoms. The van der Waals surface area contributed by atoms with Gasteiger partial charge in [0.1, 0.15) is 5.52 Å². The number of nitrogens with zero attached hydrogens (tertiary/aromatic N) is 1. The van der Waals surface area contributed by atoms with Crippen LogP contribution in [0.25, 0.3) is 11.1 Å². The number of fused-ring (bicyclic) bond motifs is 1. The van der Waals surface area contributed by atoms with Crippen LogP contribution in [0, 0.1) is 6.92 Å². The Balaban J connectivity index is 2.12. The molecule has 0 saturated heterocycles. The molecule has 0 aliphatic carbocycles. The molecule has 1 aromatic carbocycles. The van der Waals surface area contributed by atoms with E-state index in [1.165, 1.54) is 0 Å². The topological polar surface area (TPSA) is 80.4 Å². The summed E-state index contributed by atoms with van der Waals surface area (Å²) in [6.45, 7) is 1.94. The molecule has 1 N–H and O–H groups in total. The average molecular weight is 255 g/mol.